The van der Waals surface area contributed by atoms with Gasteiger partial charge in [0, 0.05) is 18.0 Å². The maximum absolute atomic E-state index is 12.9. The lowest BCUT2D eigenvalue weighted by Crippen LogP contribution is -2.42. The summed E-state index contributed by atoms with van der Waals surface area (Å²) < 4.78 is 11.1. The van der Waals surface area contributed by atoms with E-state index in [1.807, 2.05) is 12.1 Å². The molecule has 1 aromatic carbocycles. The fourth-order valence-electron chi connectivity index (χ4n) is 4.54. The number of nitrogens with one attached hydrogen (secondary N) is 1. The van der Waals surface area contributed by atoms with Gasteiger partial charge in [0.05, 0.1) is 6.54 Å². The van der Waals surface area contributed by atoms with E-state index in [1.54, 1.807) is 6.07 Å². The molecule has 162 valence electrons. The Hall–Kier alpha value is -2.34. The molecule has 4 rings (SSSR count). The number of hydrogen-bond donors (Lipinski definition) is 1. The first-order valence-corrected chi connectivity index (χ1v) is 11.3. The van der Waals surface area contributed by atoms with Crippen LogP contribution in [0.5, 0.6) is 11.5 Å². The second-order valence-electron chi connectivity index (χ2n) is 8.48. The van der Waals surface area contributed by atoms with Crippen LogP contribution < -0.4 is 14.8 Å². The number of ether oxygens (including phenoxy) is 2. The van der Waals surface area contributed by atoms with Crippen molar-refractivity contribution in [1.82, 2.24) is 10.2 Å². The van der Waals surface area contributed by atoms with Crippen molar-refractivity contribution in [1.29, 1.82) is 0 Å². The molecule has 0 saturated carbocycles. The summed E-state index contributed by atoms with van der Waals surface area (Å²) >= 11 is 0. The van der Waals surface area contributed by atoms with Crippen LogP contribution in [0.2, 0.25) is 0 Å². The van der Waals surface area contributed by atoms with E-state index in [9.17, 15) is 9.59 Å². The summed E-state index contributed by atoms with van der Waals surface area (Å²) in [5.74, 6) is 1.62. The van der Waals surface area contributed by atoms with Crippen molar-refractivity contribution in [3.05, 3.63) is 35.4 Å². The maximum atomic E-state index is 12.9. The molecule has 0 aromatic heterocycles. The molecule has 3 aliphatic rings. The second kappa shape index (κ2) is 10.1. The van der Waals surface area contributed by atoms with Gasteiger partial charge in [0.15, 0.2) is 17.3 Å². The summed E-state index contributed by atoms with van der Waals surface area (Å²) in [6.45, 7) is 3.76. The highest BCUT2D eigenvalue weighted by Crippen LogP contribution is 2.32. The highest BCUT2D eigenvalue weighted by molar-refractivity contribution is 5.98. The van der Waals surface area contributed by atoms with Gasteiger partial charge < -0.3 is 14.8 Å². The Morgan fingerprint density at radius 1 is 1.07 bits per heavy atom. The monoisotopic (exact) mass is 412 g/mol. The summed E-state index contributed by atoms with van der Waals surface area (Å²) in [5, 5.41) is 3.05. The molecule has 1 aliphatic carbocycles. The summed E-state index contributed by atoms with van der Waals surface area (Å²) in [7, 11) is 0. The molecular weight excluding hydrogens is 380 g/mol. The molecule has 2 heterocycles. The lowest BCUT2D eigenvalue weighted by atomic mass is 9.88. The predicted molar refractivity (Wildman–Crippen MR) is 115 cm³/mol. The third-order valence-electron chi connectivity index (χ3n) is 6.31. The van der Waals surface area contributed by atoms with Gasteiger partial charge in [-0.05, 0) is 76.2 Å². The summed E-state index contributed by atoms with van der Waals surface area (Å²) in [5.41, 5.74) is 2.17. The minimum Gasteiger partial charge on any atom is -0.486 e. The van der Waals surface area contributed by atoms with E-state index >= 15 is 0 Å². The Kier molecular flexibility index (Phi) is 7.05. The number of carbonyl (C=O) groups excluding carboxylic acids is 2. The molecule has 6 heteroatoms. The number of rotatable bonds is 7. The number of piperidine rings is 1. The number of Topliss-reactive ketones (excluding diaryl/α,β-unsaturated/α-hetero) is 1. The summed E-state index contributed by atoms with van der Waals surface area (Å²) in [6, 6.07) is 5.46. The number of allylic oxidation sites excluding steroid dienone is 1. The molecule has 1 fully saturated rings. The molecule has 6 nitrogen and oxygen atoms in total. The highest BCUT2D eigenvalue weighted by atomic mass is 16.6. The molecule has 1 amide bonds. The topological polar surface area (TPSA) is 67.9 Å². The van der Waals surface area contributed by atoms with Crippen molar-refractivity contribution in [2.75, 3.05) is 39.4 Å². The first-order chi connectivity index (χ1) is 14.7. The van der Waals surface area contributed by atoms with E-state index in [2.05, 4.69) is 16.3 Å². The fourth-order valence-corrected chi connectivity index (χ4v) is 4.54. The van der Waals surface area contributed by atoms with E-state index in [-0.39, 0.29) is 17.6 Å². The van der Waals surface area contributed by atoms with Gasteiger partial charge in [-0.15, -0.1) is 0 Å². The van der Waals surface area contributed by atoms with E-state index in [1.165, 1.54) is 31.3 Å². The van der Waals surface area contributed by atoms with Crippen LogP contribution in [0.3, 0.4) is 0 Å². The molecular formula is C24H32N2O4. The van der Waals surface area contributed by atoms with Gasteiger partial charge in [-0.1, -0.05) is 11.6 Å². The Bertz CT molecular complexity index is 796. The predicted octanol–water partition coefficient (Wildman–Crippen LogP) is 3.36. The van der Waals surface area contributed by atoms with Gasteiger partial charge in [0.1, 0.15) is 13.2 Å². The van der Waals surface area contributed by atoms with Crippen molar-refractivity contribution in [3.8, 4) is 11.5 Å². The fraction of sp³-hybridized carbons (Fsp3) is 0.583. The number of ketones is 1. The Morgan fingerprint density at radius 2 is 1.87 bits per heavy atom. The first kappa shape index (κ1) is 20.9. The zero-order valence-electron chi connectivity index (χ0n) is 17.7. The number of amides is 1. The normalized spacial score (nSPS) is 19.8. The molecule has 30 heavy (non-hydrogen) atoms. The van der Waals surface area contributed by atoms with Gasteiger partial charge in [0.2, 0.25) is 5.91 Å². The SMILES string of the molecule is O=C(CN1CCC(C(=O)c2ccc3c(c2)OCCO3)CC1)NCCC1=CCCCC1. The standard InChI is InChI=1S/C24H32N2O4/c27-23(25-11-8-18-4-2-1-3-5-18)17-26-12-9-19(10-13-26)24(28)20-6-7-21-22(16-20)30-15-14-29-21/h4,6-7,16,19H,1-3,5,8-15,17H2,(H,25,27). The van der Waals surface area contributed by atoms with E-state index in [0.29, 0.717) is 36.8 Å². The highest BCUT2D eigenvalue weighted by Gasteiger charge is 2.27. The Morgan fingerprint density at radius 3 is 2.63 bits per heavy atom. The summed E-state index contributed by atoms with van der Waals surface area (Å²) in [6.07, 6.45) is 9.81. The largest absolute Gasteiger partial charge is 0.486 e. The van der Waals surface area contributed by atoms with Crippen LogP contribution in [-0.4, -0.2) is 56.0 Å². The molecule has 0 radical (unpaired) electrons. The second-order valence-corrected chi connectivity index (χ2v) is 8.48. The number of benzene rings is 1. The van der Waals surface area contributed by atoms with Crippen LogP contribution in [0.1, 0.15) is 55.3 Å². The molecule has 0 atom stereocenters. The van der Waals surface area contributed by atoms with Crippen LogP contribution in [0.4, 0.5) is 0 Å². The number of likely N-dealkylation sites (tertiary alicyclic amines) is 1. The molecule has 0 unspecified atom stereocenters. The van der Waals surface area contributed by atoms with E-state index < -0.39 is 0 Å². The molecule has 0 bridgehead atoms. The lowest BCUT2D eigenvalue weighted by Gasteiger charge is -2.31. The third-order valence-corrected chi connectivity index (χ3v) is 6.31. The van der Waals surface area contributed by atoms with Crippen molar-refractivity contribution in [3.63, 3.8) is 0 Å². The number of hydrogen-bond acceptors (Lipinski definition) is 5. The average Bonchev–Trinajstić information content (AvgIpc) is 2.79. The number of fused-ring (bicyclic) bond motifs is 1. The number of nitrogens with zero attached hydrogens (tertiary/aromatic N) is 1. The zero-order valence-corrected chi connectivity index (χ0v) is 17.7. The lowest BCUT2D eigenvalue weighted by molar-refractivity contribution is -0.122. The smallest absolute Gasteiger partial charge is 0.234 e. The van der Waals surface area contributed by atoms with Crippen molar-refractivity contribution in [2.45, 2.75) is 44.9 Å². The molecule has 0 spiro atoms. The van der Waals surface area contributed by atoms with Gasteiger partial charge in [0.25, 0.3) is 0 Å². The van der Waals surface area contributed by atoms with E-state index in [0.717, 1.165) is 38.9 Å². The quantitative estimate of drug-likeness (QED) is 0.549. The maximum Gasteiger partial charge on any atom is 0.234 e. The van der Waals surface area contributed by atoms with Crippen LogP contribution >= 0.6 is 0 Å². The molecule has 2 aliphatic heterocycles. The van der Waals surface area contributed by atoms with Crippen molar-refractivity contribution in [2.24, 2.45) is 5.92 Å². The van der Waals surface area contributed by atoms with Gasteiger partial charge in [-0.3, -0.25) is 14.5 Å². The van der Waals surface area contributed by atoms with Gasteiger partial charge in [-0.25, -0.2) is 0 Å². The molecule has 1 N–H and O–H groups in total. The van der Waals surface area contributed by atoms with Crippen LogP contribution in [0.15, 0.2) is 29.8 Å². The zero-order chi connectivity index (χ0) is 20.8. The molecule has 1 saturated heterocycles. The minimum absolute atomic E-state index is 0.00473. The van der Waals surface area contributed by atoms with E-state index in [4.69, 9.17) is 9.47 Å². The van der Waals surface area contributed by atoms with Crippen LogP contribution in [-0.2, 0) is 4.79 Å². The summed E-state index contributed by atoms with van der Waals surface area (Å²) in [4.78, 5) is 27.3. The van der Waals surface area contributed by atoms with Crippen molar-refractivity contribution >= 4 is 11.7 Å². The van der Waals surface area contributed by atoms with Gasteiger partial charge >= 0.3 is 0 Å². The van der Waals surface area contributed by atoms with Crippen molar-refractivity contribution < 1.29 is 19.1 Å². The van der Waals surface area contributed by atoms with Gasteiger partial charge in [-0.2, -0.15) is 0 Å². The molecule has 1 aromatic rings. The average molecular weight is 413 g/mol. The Labute approximate surface area is 178 Å². The first-order valence-electron chi connectivity index (χ1n) is 11.3. The number of carbonyl (C=O) groups is 2. The Balaban J connectivity index is 1.19. The third kappa shape index (κ3) is 5.42. The minimum atomic E-state index is 0.00473. The van der Waals surface area contributed by atoms with Crippen LogP contribution in [0, 0.1) is 5.92 Å². The van der Waals surface area contributed by atoms with Crippen LogP contribution in [0.25, 0.3) is 0 Å².